The molecule has 1 N–H and O–H groups in total. The van der Waals surface area contributed by atoms with E-state index in [2.05, 4.69) is 51.9 Å². The molecule has 4 aromatic rings. The molecular formula is C22H17N3S. The van der Waals surface area contributed by atoms with Crippen LogP contribution < -0.4 is 5.43 Å². The fourth-order valence-corrected chi connectivity index (χ4v) is 3.32. The number of nitrogens with zero attached hydrogens (tertiary/aromatic N) is 2. The maximum Gasteiger partial charge on any atom is 0.203 e. The highest BCUT2D eigenvalue weighted by Crippen LogP contribution is 2.24. The van der Waals surface area contributed by atoms with Gasteiger partial charge < -0.3 is 0 Å². The predicted octanol–water partition coefficient (Wildman–Crippen LogP) is 5.67. The number of benzene rings is 3. The van der Waals surface area contributed by atoms with E-state index in [1.165, 1.54) is 0 Å². The van der Waals surface area contributed by atoms with Crippen LogP contribution >= 0.6 is 11.3 Å². The van der Waals surface area contributed by atoms with Crippen LogP contribution in [0.25, 0.3) is 11.3 Å². The van der Waals surface area contributed by atoms with Crippen molar-refractivity contribution in [3.8, 4) is 11.3 Å². The third kappa shape index (κ3) is 3.71. The fourth-order valence-electron chi connectivity index (χ4n) is 2.66. The first-order chi connectivity index (χ1) is 12.9. The summed E-state index contributed by atoms with van der Waals surface area (Å²) in [7, 11) is 0. The van der Waals surface area contributed by atoms with Crippen molar-refractivity contribution < 1.29 is 0 Å². The summed E-state index contributed by atoms with van der Waals surface area (Å²) in [5.74, 6) is 0. The molecule has 26 heavy (non-hydrogen) atoms. The summed E-state index contributed by atoms with van der Waals surface area (Å²) in [6, 6.07) is 30.5. The molecule has 0 saturated carbocycles. The second-order valence-corrected chi connectivity index (χ2v) is 6.57. The molecular weight excluding hydrogens is 338 g/mol. The predicted molar refractivity (Wildman–Crippen MR) is 110 cm³/mol. The zero-order valence-electron chi connectivity index (χ0n) is 14.0. The number of hydrazone groups is 1. The zero-order chi connectivity index (χ0) is 17.6. The molecule has 1 aromatic heterocycles. The van der Waals surface area contributed by atoms with Gasteiger partial charge in [-0.15, -0.1) is 11.3 Å². The molecule has 126 valence electrons. The Morgan fingerprint density at radius 1 is 0.731 bits per heavy atom. The molecule has 0 aliphatic rings. The molecule has 0 aliphatic carbocycles. The highest BCUT2D eigenvalue weighted by Gasteiger charge is 2.08. The van der Waals surface area contributed by atoms with E-state index in [0.29, 0.717) is 0 Å². The van der Waals surface area contributed by atoms with Gasteiger partial charge in [0.15, 0.2) is 0 Å². The average Bonchev–Trinajstić information content (AvgIpc) is 3.20. The first-order valence-corrected chi connectivity index (χ1v) is 9.23. The van der Waals surface area contributed by atoms with Gasteiger partial charge in [-0.3, -0.25) is 5.43 Å². The lowest BCUT2D eigenvalue weighted by molar-refractivity contribution is 1.27. The molecule has 0 spiro atoms. The molecule has 4 heteroatoms. The van der Waals surface area contributed by atoms with Crippen molar-refractivity contribution in [3.05, 3.63) is 108 Å². The zero-order valence-corrected chi connectivity index (χ0v) is 14.9. The Labute approximate surface area is 156 Å². The molecule has 1 heterocycles. The smallest absolute Gasteiger partial charge is 0.203 e. The largest absolute Gasteiger partial charge is 0.252 e. The number of hydrogen-bond acceptors (Lipinski definition) is 4. The van der Waals surface area contributed by atoms with Gasteiger partial charge in [-0.1, -0.05) is 91.0 Å². The van der Waals surface area contributed by atoms with Crippen molar-refractivity contribution in [1.29, 1.82) is 0 Å². The van der Waals surface area contributed by atoms with Crippen molar-refractivity contribution >= 4 is 22.2 Å². The lowest BCUT2D eigenvalue weighted by atomic mass is 10.0. The Hall–Kier alpha value is -3.24. The Balaban J connectivity index is 1.63. The Bertz CT molecular complexity index is 952. The molecule has 0 bridgehead atoms. The van der Waals surface area contributed by atoms with Gasteiger partial charge in [0.1, 0.15) is 0 Å². The number of thiazole rings is 1. The van der Waals surface area contributed by atoms with Gasteiger partial charge in [0.05, 0.1) is 11.4 Å². The molecule has 0 amide bonds. The average molecular weight is 355 g/mol. The SMILES string of the molecule is c1ccc(C(=NNc2nc(-c3ccccc3)cs2)c2ccccc2)cc1. The van der Waals surface area contributed by atoms with Gasteiger partial charge in [-0.2, -0.15) is 5.10 Å². The summed E-state index contributed by atoms with van der Waals surface area (Å²) < 4.78 is 0. The third-order valence-corrected chi connectivity index (χ3v) is 4.68. The van der Waals surface area contributed by atoms with Gasteiger partial charge in [0.25, 0.3) is 0 Å². The summed E-state index contributed by atoms with van der Waals surface area (Å²) in [6.07, 6.45) is 0. The molecule has 3 nitrogen and oxygen atoms in total. The van der Waals surface area contributed by atoms with Crippen LogP contribution in [0, 0.1) is 0 Å². The Morgan fingerprint density at radius 2 is 1.27 bits per heavy atom. The Morgan fingerprint density at radius 3 is 1.85 bits per heavy atom. The lowest BCUT2D eigenvalue weighted by Crippen LogP contribution is -2.06. The summed E-state index contributed by atoms with van der Waals surface area (Å²) in [5.41, 5.74) is 8.20. The van der Waals surface area contributed by atoms with Crippen molar-refractivity contribution in [2.45, 2.75) is 0 Å². The first-order valence-electron chi connectivity index (χ1n) is 8.35. The number of aromatic nitrogens is 1. The third-order valence-electron chi connectivity index (χ3n) is 3.93. The highest BCUT2D eigenvalue weighted by molar-refractivity contribution is 7.14. The van der Waals surface area contributed by atoms with E-state index >= 15 is 0 Å². The molecule has 0 fully saturated rings. The van der Waals surface area contributed by atoms with Crippen LogP contribution in [0.15, 0.2) is 101 Å². The van der Waals surface area contributed by atoms with E-state index < -0.39 is 0 Å². The van der Waals surface area contributed by atoms with E-state index in [0.717, 1.165) is 33.2 Å². The highest BCUT2D eigenvalue weighted by atomic mass is 32.1. The number of anilines is 1. The second kappa shape index (κ2) is 7.76. The molecule has 0 unspecified atom stereocenters. The minimum Gasteiger partial charge on any atom is -0.252 e. The van der Waals surface area contributed by atoms with Crippen LogP contribution in [0.2, 0.25) is 0 Å². The summed E-state index contributed by atoms with van der Waals surface area (Å²) in [6.45, 7) is 0. The first kappa shape index (κ1) is 16.2. The quantitative estimate of drug-likeness (QED) is 0.370. The topological polar surface area (TPSA) is 37.3 Å². The van der Waals surface area contributed by atoms with Crippen LogP contribution in [-0.2, 0) is 0 Å². The minimum absolute atomic E-state index is 0.771. The summed E-state index contributed by atoms with van der Waals surface area (Å²) >= 11 is 1.55. The summed E-state index contributed by atoms with van der Waals surface area (Å²) in [4.78, 5) is 4.64. The molecule has 0 saturated heterocycles. The van der Waals surface area contributed by atoms with Crippen LogP contribution in [0.3, 0.4) is 0 Å². The monoisotopic (exact) mass is 355 g/mol. The van der Waals surface area contributed by atoms with Gasteiger partial charge in [0, 0.05) is 22.1 Å². The number of nitrogens with one attached hydrogen (secondary N) is 1. The van der Waals surface area contributed by atoms with Crippen molar-refractivity contribution in [3.63, 3.8) is 0 Å². The number of rotatable bonds is 5. The standard InChI is InChI=1S/C22H17N3S/c1-4-10-17(11-5-1)20-16-26-22(23-20)25-24-21(18-12-6-2-7-13-18)19-14-8-3-9-15-19/h1-16H,(H,23,25). The van der Waals surface area contributed by atoms with Crippen LogP contribution in [0.4, 0.5) is 5.13 Å². The van der Waals surface area contributed by atoms with Gasteiger partial charge >= 0.3 is 0 Å². The summed E-state index contributed by atoms with van der Waals surface area (Å²) in [5, 5.41) is 7.47. The van der Waals surface area contributed by atoms with Crippen molar-refractivity contribution in [2.24, 2.45) is 5.10 Å². The molecule has 0 atom stereocenters. The van der Waals surface area contributed by atoms with E-state index in [-0.39, 0.29) is 0 Å². The molecule has 0 aliphatic heterocycles. The van der Waals surface area contributed by atoms with Crippen LogP contribution in [0.5, 0.6) is 0 Å². The second-order valence-electron chi connectivity index (χ2n) is 5.71. The van der Waals surface area contributed by atoms with E-state index in [1.54, 1.807) is 11.3 Å². The van der Waals surface area contributed by atoms with Crippen LogP contribution in [0.1, 0.15) is 11.1 Å². The minimum atomic E-state index is 0.771. The fraction of sp³-hybridized carbons (Fsp3) is 0. The maximum absolute atomic E-state index is 4.66. The van der Waals surface area contributed by atoms with Crippen molar-refractivity contribution in [2.75, 3.05) is 5.43 Å². The van der Waals surface area contributed by atoms with Gasteiger partial charge in [0.2, 0.25) is 5.13 Å². The van der Waals surface area contributed by atoms with Gasteiger partial charge in [-0.25, -0.2) is 4.98 Å². The van der Waals surface area contributed by atoms with E-state index in [4.69, 9.17) is 0 Å². The van der Waals surface area contributed by atoms with Crippen molar-refractivity contribution in [1.82, 2.24) is 4.98 Å². The van der Waals surface area contributed by atoms with Gasteiger partial charge in [-0.05, 0) is 0 Å². The van der Waals surface area contributed by atoms with Crippen LogP contribution in [-0.4, -0.2) is 10.7 Å². The Kier molecular flexibility index (Phi) is 4.85. The van der Waals surface area contributed by atoms with E-state index in [9.17, 15) is 0 Å². The lowest BCUT2D eigenvalue weighted by Gasteiger charge is -2.07. The molecule has 3 aromatic carbocycles. The van der Waals surface area contributed by atoms with E-state index in [1.807, 2.05) is 60.0 Å². The normalized spacial score (nSPS) is 10.3. The molecule has 4 rings (SSSR count). The maximum atomic E-state index is 4.66. The molecule has 0 radical (unpaired) electrons. The number of hydrogen-bond donors (Lipinski definition) is 1.